The molecule has 5 heterocycles. The minimum absolute atomic E-state index is 0.0578. The minimum atomic E-state index is -4.81. The first-order valence-corrected chi connectivity index (χ1v) is 37.6. The number of aliphatic imine (C=N–C) groups is 2. The Morgan fingerprint density at radius 2 is 0.511 bits per heavy atom. The fraction of sp³-hybridized carbons (Fsp3) is 0.0909. The number of fused-ring (bicyclic) bond motifs is 10. The molecule has 92 heavy (non-hydrogen) atoms. The van der Waals surface area contributed by atoms with E-state index in [0.29, 0.717) is 33.4 Å². The first kappa shape index (κ1) is 60.6. The van der Waals surface area contributed by atoms with Gasteiger partial charge in [0.15, 0.2) is 11.7 Å². The molecule has 11 aromatic rings. The van der Waals surface area contributed by atoms with Gasteiger partial charge >= 0.3 is 6.40 Å². The topological polar surface area (TPSA) is 264 Å². The zero-order chi connectivity index (χ0) is 65.1. The lowest BCUT2D eigenvalue weighted by atomic mass is 10.1. The maximum atomic E-state index is 15.3. The molecule has 14 rings (SSSR count). The smallest absolute Gasteiger partial charge is 0.319 e. The first-order chi connectivity index (χ1) is 43.5. The molecule has 3 aliphatic heterocycles. The Balaban J connectivity index is 1.17. The van der Waals surface area contributed by atoms with Crippen molar-refractivity contribution in [2.45, 2.75) is 100 Å². The van der Waals surface area contributed by atoms with Crippen LogP contribution >= 0.6 is 11.5 Å². The fourth-order valence-electron chi connectivity index (χ4n) is 11.5. The van der Waals surface area contributed by atoms with Crippen LogP contribution in [0.25, 0.3) is 21.5 Å². The van der Waals surface area contributed by atoms with Crippen molar-refractivity contribution >= 4 is 122 Å². The quantitative estimate of drug-likeness (QED) is 0.103. The van der Waals surface area contributed by atoms with Gasteiger partial charge in [-0.1, -0.05) is 106 Å². The van der Waals surface area contributed by atoms with E-state index in [1.807, 2.05) is 0 Å². The van der Waals surface area contributed by atoms with Crippen LogP contribution in [0.15, 0.2) is 261 Å². The van der Waals surface area contributed by atoms with Crippen molar-refractivity contribution in [2.24, 2.45) is 20.0 Å². The zero-order valence-electron chi connectivity index (χ0n) is 49.3. The number of halogens is 1. The Labute approximate surface area is 534 Å². The van der Waals surface area contributed by atoms with Crippen LogP contribution in [0.1, 0.15) is 44.5 Å². The molecule has 4 bridgehead atoms. The largest absolute Gasteiger partial charge is 0.499 e. The number of rotatable bonds is 12. The second-order valence-electron chi connectivity index (χ2n) is 22.9. The lowest BCUT2D eigenvalue weighted by Crippen LogP contribution is -2.44. The predicted molar refractivity (Wildman–Crippen MR) is 347 cm³/mol. The average Bonchev–Trinajstić information content (AvgIpc) is 1.52. The number of hydrogen-bond acceptors (Lipinski definition) is 16. The molecule has 26 heteroatoms. The van der Waals surface area contributed by atoms with Crippen LogP contribution < -0.4 is 11.0 Å². The molecule has 3 aliphatic rings. The second-order valence-corrected chi connectivity index (χ2v) is 34.8. The van der Waals surface area contributed by atoms with Crippen molar-refractivity contribution in [3.63, 3.8) is 0 Å². The molecular formula is C66H48BClN6O12S6. The van der Waals surface area contributed by atoms with Gasteiger partial charge in [-0.2, -0.15) is 0 Å². The summed E-state index contributed by atoms with van der Waals surface area (Å²) in [6, 6.07) is 41.6. The van der Waals surface area contributed by atoms with Crippen LogP contribution in [-0.2, 0) is 59.0 Å². The SMILES string of the molecule is Cc1ccc(S(=O)(=O)c2cc3c(cc2S(=O)(=O)c2ccc(C)cc2)C2=Nc4c5cc(S(=O)(=O)c6ccc(C)cc6)c(S(=O)(=O)c6ccc(C)cc6)cc5c5n4B(Cl)n4c(c6cc(S(=O)(=O)c7ccc(C)cc7)c(S(=O)(=O)c7ccc(C)cc7)cc6c4=N5)=NC3=N2)cc1. The number of nitrogens with zero attached hydrogens (tertiary/aromatic N) is 6. The van der Waals surface area contributed by atoms with E-state index < -0.39 is 94.8 Å². The van der Waals surface area contributed by atoms with E-state index in [4.69, 9.17) is 31.4 Å². The van der Waals surface area contributed by atoms with Crippen LogP contribution in [0, 0.1) is 41.5 Å². The predicted octanol–water partition coefficient (Wildman–Crippen LogP) is 10.8. The zero-order valence-corrected chi connectivity index (χ0v) is 55.0. The summed E-state index contributed by atoms with van der Waals surface area (Å²) in [5.74, 6) is -0.993. The van der Waals surface area contributed by atoms with E-state index in [2.05, 4.69) is 0 Å². The van der Waals surface area contributed by atoms with E-state index in [1.165, 1.54) is 81.8 Å². The molecule has 0 saturated heterocycles. The highest BCUT2D eigenvalue weighted by atomic mass is 35.5. The van der Waals surface area contributed by atoms with E-state index in [1.54, 1.807) is 114 Å². The molecule has 460 valence electrons. The third-order valence-electron chi connectivity index (χ3n) is 16.6. The van der Waals surface area contributed by atoms with Gasteiger partial charge in [0.25, 0.3) is 0 Å². The van der Waals surface area contributed by atoms with Crippen LogP contribution in [-0.4, -0.2) is 77.5 Å². The van der Waals surface area contributed by atoms with Crippen LogP contribution in [0.3, 0.4) is 0 Å². The van der Waals surface area contributed by atoms with E-state index in [-0.39, 0.29) is 96.3 Å². The maximum Gasteiger partial charge on any atom is 0.499 e. The maximum absolute atomic E-state index is 15.3. The Kier molecular flexibility index (Phi) is 13.9. The number of hydrogen-bond donors (Lipinski definition) is 0. The van der Waals surface area contributed by atoms with Gasteiger partial charge in [-0.3, -0.25) is 0 Å². The Morgan fingerprint density at radius 3 is 0.793 bits per heavy atom. The summed E-state index contributed by atoms with van der Waals surface area (Å²) in [5.41, 5.74) is 3.67. The van der Waals surface area contributed by atoms with Crippen molar-refractivity contribution in [3.8, 4) is 0 Å². The summed E-state index contributed by atoms with van der Waals surface area (Å²) < 4.78 is 186. The molecule has 0 radical (unpaired) electrons. The molecule has 9 aromatic carbocycles. The highest BCUT2D eigenvalue weighted by Gasteiger charge is 2.42. The number of amidine groups is 2. The minimum Gasteiger partial charge on any atom is -0.319 e. The van der Waals surface area contributed by atoms with Crippen molar-refractivity contribution in [1.82, 2.24) is 8.96 Å². The van der Waals surface area contributed by atoms with Gasteiger partial charge in [0.1, 0.15) is 22.6 Å². The molecule has 2 aromatic heterocycles. The molecule has 18 nitrogen and oxygen atoms in total. The van der Waals surface area contributed by atoms with Gasteiger partial charge in [0.2, 0.25) is 59.0 Å². The standard InChI is InChI=1S/C66H48BClN6O12S6/c1-37-7-19-43(20-8-37)87(75,76)55-31-49-50(32-56(55)88(77,78)44-21-9-38(2)10-22-44)62-69-61(49)70-63-51-33-57(89(79,80)45-23-11-39(3)12-24-45)59(91(83,84)47-27-15-41(5)16-28-47)35-53(51)65-72-66-54-36-60(92(85,86)48-29-17-42(6)18-30-48)58(90(81,82)46-25-13-40(4)14-26-46)34-52(54)64(71-62)74(66)67(68)73(63)65/h7-36H,1-6H3. The van der Waals surface area contributed by atoms with Crippen LogP contribution in [0.4, 0.5) is 11.6 Å². The fourth-order valence-corrected chi connectivity index (χ4v) is 21.9. The van der Waals surface area contributed by atoms with Gasteiger partial charge in [-0.15, -0.1) is 11.5 Å². The van der Waals surface area contributed by atoms with E-state index >= 15 is 50.5 Å². The van der Waals surface area contributed by atoms with Crippen LogP contribution in [0.5, 0.6) is 0 Å². The molecule has 0 N–H and O–H groups in total. The number of benzene rings is 9. The highest BCUT2D eigenvalue weighted by Crippen LogP contribution is 2.47. The van der Waals surface area contributed by atoms with Gasteiger partial charge in [-0.05, 0) is 151 Å². The van der Waals surface area contributed by atoms with Gasteiger partial charge in [-0.25, -0.2) is 70.5 Å². The third kappa shape index (κ3) is 9.40. The summed E-state index contributed by atoms with van der Waals surface area (Å²) in [7, 11) is -28.8. The molecule has 0 atom stereocenters. The Bertz CT molecular complexity index is 6060. The molecule has 0 fully saturated rings. The molecule has 0 unspecified atom stereocenters. The number of aryl methyl sites for hydroxylation is 6. The summed E-state index contributed by atoms with van der Waals surface area (Å²) in [4.78, 5) is 14.6. The van der Waals surface area contributed by atoms with E-state index in [9.17, 15) is 0 Å². The normalized spacial score (nSPS) is 14.0. The molecule has 0 spiro atoms. The lowest BCUT2D eigenvalue weighted by Gasteiger charge is -2.18. The highest BCUT2D eigenvalue weighted by molar-refractivity contribution is 7.95. The summed E-state index contributed by atoms with van der Waals surface area (Å²) >= 11 is 7.85. The molecule has 0 saturated carbocycles. The third-order valence-corrected chi connectivity index (χ3v) is 28.2. The summed E-state index contributed by atoms with van der Waals surface area (Å²) in [6.07, 6.45) is -1.63. The van der Waals surface area contributed by atoms with Gasteiger partial charge < -0.3 is 8.96 Å². The molecule has 0 amide bonds. The van der Waals surface area contributed by atoms with Crippen molar-refractivity contribution in [2.75, 3.05) is 0 Å². The van der Waals surface area contributed by atoms with Gasteiger partial charge in [0, 0.05) is 32.7 Å². The second kappa shape index (κ2) is 21.0. The van der Waals surface area contributed by atoms with Crippen molar-refractivity contribution in [3.05, 3.63) is 237 Å². The first-order valence-electron chi connectivity index (χ1n) is 28.3. The number of aromatic nitrogens is 2. The average molecular weight is 1360 g/mol. The summed E-state index contributed by atoms with van der Waals surface area (Å²) in [5, 5.41) is -0.264. The molecular weight excluding hydrogens is 1310 g/mol. The number of sulfone groups is 6. The summed E-state index contributed by atoms with van der Waals surface area (Å²) in [6.45, 7) is 10.5. The van der Waals surface area contributed by atoms with E-state index in [0.717, 1.165) is 36.4 Å². The Hall–Kier alpha value is -8.95. The lowest BCUT2D eigenvalue weighted by molar-refractivity contribution is 0.582. The molecule has 0 aliphatic carbocycles. The van der Waals surface area contributed by atoms with Crippen molar-refractivity contribution < 1.29 is 50.5 Å². The van der Waals surface area contributed by atoms with Crippen molar-refractivity contribution in [1.29, 1.82) is 0 Å². The van der Waals surface area contributed by atoms with Crippen LogP contribution in [0.2, 0.25) is 0 Å². The Morgan fingerprint density at radius 1 is 0.283 bits per heavy atom. The monoisotopic (exact) mass is 1350 g/mol. The van der Waals surface area contributed by atoms with Gasteiger partial charge in [0.05, 0.1) is 58.7 Å².